The van der Waals surface area contributed by atoms with Crippen molar-refractivity contribution < 1.29 is 19.1 Å². The van der Waals surface area contributed by atoms with Crippen LogP contribution in [0.2, 0.25) is 5.02 Å². The number of nitrogens with zero attached hydrogens (tertiary/aromatic N) is 3. The molecule has 3 aliphatic rings. The molecule has 1 saturated heterocycles. The number of aromatic nitrogens is 1. The van der Waals surface area contributed by atoms with E-state index >= 15 is 0 Å². The summed E-state index contributed by atoms with van der Waals surface area (Å²) < 4.78 is 15.7. The molecule has 1 aromatic heterocycles. The summed E-state index contributed by atoms with van der Waals surface area (Å²) in [6.07, 6.45) is 5.35. The van der Waals surface area contributed by atoms with Gasteiger partial charge in [-0.05, 0) is 37.7 Å². The standard InChI is InChI=1S/C24H26ClFN4O4/c25-17-5-3-4-15(19(17)26)10-27-23(33)16-12-29-13-18-28(11-14-6-7-14)8-1-2-9-30(18)24(34)20(29)22(32)21(16)31/h3-5,12,14,18,32H,1-2,6-11,13H2,(H,27,33). The van der Waals surface area contributed by atoms with Gasteiger partial charge in [0.2, 0.25) is 5.43 Å². The summed E-state index contributed by atoms with van der Waals surface area (Å²) in [6, 6.07) is 4.44. The lowest BCUT2D eigenvalue weighted by molar-refractivity contribution is 0.0205. The summed E-state index contributed by atoms with van der Waals surface area (Å²) in [5, 5.41) is 13.1. The van der Waals surface area contributed by atoms with E-state index in [4.69, 9.17) is 11.6 Å². The first-order chi connectivity index (χ1) is 16.3. The van der Waals surface area contributed by atoms with Crippen LogP contribution in [-0.4, -0.2) is 57.1 Å². The number of hydrogen-bond donors (Lipinski definition) is 2. The smallest absolute Gasteiger partial charge is 0.275 e. The van der Waals surface area contributed by atoms with Crippen molar-refractivity contribution in [2.45, 2.75) is 44.9 Å². The number of hydrogen-bond acceptors (Lipinski definition) is 5. The van der Waals surface area contributed by atoms with Crippen LogP contribution in [0.15, 0.2) is 29.2 Å². The van der Waals surface area contributed by atoms with Crippen LogP contribution in [0.5, 0.6) is 5.75 Å². The number of amides is 2. The lowest BCUT2D eigenvalue weighted by Crippen LogP contribution is -2.56. The lowest BCUT2D eigenvalue weighted by Gasteiger charge is -2.42. The van der Waals surface area contributed by atoms with Crippen LogP contribution < -0.4 is 10.7 Å². The van der Waals surface area contributed by atoms with Crippen molar-refractivity contribution in [3.8, 4) is 5.75 Å². The normalized spacial score (nSPS) is 20.5. The van der Waals surface area contributed by atoms with Crippen molar-refractivity contribution >= 4 is 23.4 Å². The molecule has 5 rings (SSSR count). The fraction of sp³-hybridized carbons (Fsp3) is 0.458. The average molecular weight is 489 g/mol. The van der Waals surface area contributed by atoms with Gasteiger partial charge in [0.1, 0.15) is 17.5 Å². The molecule has 1 atom stereocenters. The molecule has 180 valence electrons. The predicted octanol–water partition coefficient (Wildman–Crippen LogP) is 2.56. The Morgan fingerprint density at radius 3 is 2.74 bits per heavy atom. The number of benzene rings is 1. The Hall–Kier alpha value is -2.91. The molecule has 0 radical (unpaired) electrons. The summed E-state index contributed by atoms with van der Waals surface area (Å²) in [6.45, 7) is 2.52. The number of fused-ring (bicyclic) bond motifs is 2. The minimum absolute atomic E-state index is 0.0690. The number of halogens is 2. The molecule has 2 aromatic rings. The van der Waals surface area contributed by atoms with Crippen molar-refractivity contribution in [2.75, 3.05) is 19.6 Å². The fourth-order valence-electron chi connectivity index (χ4n) is 4.84. The van der Waals surface area contributed by atoms with Gasteiger partial charge in [-0.3, -0.25) is 19.3 Å². The molecule has 1 aromatic carbocycles. The van der Waals surface area contributed by atoms with E-state index in [1.807, 2.05) is 0 Å². The molecule has 2 aliphatic heterocycles. The Morgan fingerprint density at radius 1 is 1.21 bits per heavy atom. The zero-order valence-electron chi connectivity index (χ0n) is 18.6. The molecule has 1 saturated carbocycles. The maximum Gasteiger partial charge on any atom is 0.275 e. The predicted molar refractivity (Wildman–Crippen MR) is 123 cm³/mol. The molecule has 2 N–H and O–H groups in total. The second-order valence-electron chi connectivity index (χ2n) is 9.24. The van der Waals surface area contributed by atoms with Gasteiger partial charge in [0.25, 0.3) is 11.8 Å². The van der Waals surface area contributed by atoms with Gasteiger partial charge < -0.3 is 19.9 Å². The third kappa shape index (κ3) is 4.18. The molecule has 34 heavy (non-hydrogen) atoms. The Bertz CT molecular complexity index is 1210. The monoisotopic (exact) mass is 488 g/mol. The van der Waals surface area contributed by atoms with Gasteiger partial charge in [0, 0.05) is 37.9 Å². The van der Waals surface area contributed by atoms with E-state index in [1.165, 1.54) is 35.7 Å². The summed E-state index contributed by atoms with van der Waals surface area (Å²) in [5.41, 5.74) is -1.14. The Labute approximate surface area is 200 Å². The van der Waals surface area contributed by atoms with E-state index in [1.54, 1.807) is 11.0 Å². The molecule has 1 aliphatic carbocycles. The van der Waals surface area contributed by atoms with Gasteiger partial charge in [-0.2, -0.15) is 0 Å². The molecule has 1 unspecified atom stereocenters. The summed E-state index contributed by atoms with van der Waals surface area (Å²) in [4.78, 5) is 43.0. The molecular formula is C24H26ClFN4O4. The van der Waals surface area contributed by atoms with Crippen molar-refractivity contribution in [1.82, 2.24) is 19.7 Å². The molecule has 0 bridgehead atoms. The number of nitrogens with one attached hydrogen (secondary N) is 1. The van der Waals surface area contributed by atoms with E-state index in [2.05, 4.69) is 10.2 Å². The summed E-state index contributed by atoms with van der Waals surface area (Å²) in [5.74, 6) is -1.90. The first kappa shape index (κ1) is 22.9. The average Bonchev–Trinajstić information content (AvgIpc) is 3.65. The van der Waals surface area contributed by atoms with Crippen molar-refractivity contribution in [2.24, 2.45) is 5.92 Å². The molecule has 2 amide bonds. The highest BCUT2D eigenvalue weighted by molar-refractivity contribution is 6.30. The zero-order valence-corrected chi connectivity index (χ0v) is 19.4. The van der Waals surface area contributed by atoms with Crippen molar-refractivity contribution in [1.29, 1.82) is 0 Å². The molecule has 3 heterocycles. The minimum Gasteiger partial charge on any atom is -0.503 e. The van der Waals surface area contributed by atoms with Crippen molar-refractivity contribution in [3.63, 3.8) is 0 Å². The van der Waals surface area contributed by atoms with E-state index in [9.17, 15) is 23.9 Å². The Morgan fingerprint density at radius 2 is 1.97 bits per heavy atom. The van der Waals surface area contributed by atoms with E-state index in [0.29, 0.717) is 19.0 Å². The molecular weight excluding hydrogens is 463 g/mol. The molecule has 8 nitrogen and oxygen atoms in total. The van der Waals surface area contributed by atoms with Gasteiger partial charge in [0.15, 0.2) is 11.4 Å². The van der Waals surface area contributed by atoms with Gasteiger partial charge in [0.05, 0.1) is 11.6 Å². The van der Waals surface area contributed by atoms with E-state index in [0.717, 1.165) is 25.9 Å². The van der Waals surface area contributed by atoms with Crippen LogP contribution in [0.3, 0.4) is 0 Å². The fourth-order valence-corrected chi connectivity index (χ4v) is 5.03. The van der Waals surface area contributed by atoms with Crippen LogP contribution >= 0.6 is 11.6 Å². The quantitative estimate of drug-likeness (QED) is 0.674. The maximum atomic E-state index is 14.2. The van der Waals surface area contributed by atoms with Crippen LogP contribution in [0.1, 0.15) is 52.1 Å². The number of carbonyl (C=O) groups is 2. The molecule has 2 fully saturated rings. The van der Waals surface area contributed by atoms with Crippen LogP contribution in [0, 0.1) is 11.7 Å². The van der Waals surface area contributed by atoms with Gasteiger partial charge in [-0.1, -0.05) is 23.7 Å². The lowest BCUT2D eigenvalue weighted by atomic mass is 10.1. The molecule has 10 heteroatoms. The highest BCUT2D eigenvalue weighted by atomic mass is 35.5. The van der Waals surface area contributed by atoms with Gasteiger partial charge >= 0.3 is 0 Å². The van der Waals surface area contributed by atoms with Gasteiger partial charge in [-0.15, -0.1) is 0 Å². The van der Waals surface area contributed by atoms with Crippen LogP contribution in [0.4, 0.5) is 4.39 Å². The highest BCUT2D eigenvalue weighted by Gasteiger charge is 2.41. The second kappa shape index (κ2) is 9.03. The summed E-state index contributed by atoms with van der Waals surface area (Å²) in [7, 11) is 0. The number of pyridine rings is 1. The minimum atomic E-state index is -0.924. The van der Waals surface area contributed by atoms with Gasteiger partial charge in [-0.25, -0.2) is 4.39 Å². The van der Waals surface area contributed by atoms with E-state index in [-0.39, 0.29) is 34.6 Å². The maximum absolute atomic E-state index is 14.2. The first-order valence-corrected chi connectivity index (χ1v) is 12.0. The van der Waals surface area contributed by atoms with E-state index < -0.39 is 28.8 Å². The largest absolute Gasteiger partial charge is 0.503 e. The zero-order chi connectivity index (χ0) is 24.0. The first-order valence-electron chi connectivity index (χ1n) is 11.6. The molecule has 0 spiro atoms. The number of carbonyl (C=O) groups excluding carboxylic acids is 2. The summed E-state index contributed by atoms with van der Waals surface area (Å²) >= 11 is 5.79. The Kier molecular flexibility index (Phi) is 6.07. The number of rotatable bonds is 5. The van der Waals surface area contributed by atoms with Crippen molar-refractivity contribution in [3.05, 3.63) is 62.3 Å². The SMILES string of the molecule is O=C(NCc1cccc(Cl)c1F)c1cn2c(c(O)c1=O)C(=O)N1CCCCN(CC3CC3)C1C2. The second-order valence-corrected chi connectivity index (χ2v) is 9.65. The van der Waals surface area contributed by atoms with Crippen LogP contribution in [-0.2, 0) is 13.1 Å². The van der Waals surface area contributed by atoms with Crippen LogP contribution in [0.25, 0.3) is 0 Å². The third-order valence-corrected chi connectivity index (χ3v) is 7.15. The third-order valence-electron chi connectivity index (χ3n) is 6.86. The Balaban J connectivity index is 1.43. The number of aromatic hydroxyl groups is 1. The topological polar surface area (TPSA) is 94.9 Å². The highest BCUT2D eigenvalue weighted by Crippen LogP contribution is 2.33.